The molecule has 108 valence electrons. The number of fused-ring (bicyclic) bond motifs is 1. The van der Waals surface area contributed by atoms with Gasteiger partial charge in [0, 0.05) is 23.5 Å². The number of hydrogen-bond acceptors (Lipinski definition) is 2. The summed E-state index contributed by atoms with van der Waals surface area (Å²) in [5.41, 5.74) is 4.48. The maximum absolute atomic E-state index is 5.80. The molecule has 3 rings (SSSR count). The molecule has 0 atom stereocenters. The van der Waals surface area contributed by atoms with E-state index in [2.05, 4.69) is 53.7 Å². The van der Waals surface area contributed by atoms with Gasteiger partial charge in [0.05, 0.1) is 17.8 Å². The van der Waals surface area contributed by atoms with Gasteiger partial charge < -0.3 is 5.32 Å². The van der Waals surface area contributed by atoms with Crippen LogP contribution in [0.2, 0.25) is 0 Å². The highest BCUT2D eigenvalue weighted by molar-refractivity contribution is 6.17. The number of hydrogen-bond donors (Lipinski definition) is 1. The van der Waals surface area contributed by atoms with Gasteiger partial charge in [0.15, 0.2) is 0 Å². The molecule has 0 saturated carbocycles. The second-order valence-electron chi connectivity index (χ2n) is 4.96. The van der Waals surface area contributed by atoms with E-state index in [-0.39, 0.29) is 0 Å². The molecule has 4 heteroatoms. The first kappa shape index (κ1) is 14.0. The Kier molecular flexibility index (Phi) is 4.11. The fourth-order valence-electron chi connectivity index (χ4n) is 2.47. The molecule has 3 aromatic rings. The van der Waals surface area contributed by atoms with Crippen molar-refractivity contribution in [2.45, 2.75) is 25.9 Å². The van der Waals surface area contributed by atoms with Crippen LogP contribution in [0.1, 0.15) is 18.2 Å². The maximum atomic E-state index is 5.80. The zero-order chi connectivity index (χ0) is 14.7. The van der Waals surface area contributed by atoms with Crippen molar-refractivity contribution in [2.24, 2.45) is 0 Å². The SMILES string of the molecule is CCn1nc(CNc2ccc(CCl)cc2)c2ccccc21. The normalized spacial score (nSPS) is 11.0. The molecule has 0 bridgehead atoms. The number of halogens is 1. The van der Waals surface area contributed by atoms with E-state index in [0.29, 0.717) is 12.4 Å². The van der Waals surface area contributed by atoms with Crippen LogP contribution in [0.4, 0.5) is 5.69 Å². The van der Waals surface area contributed by atoms with E-state index < -0.39 is 0 Å². The van der Waals surface area contributed by atoms with Gasteiger partial charge in [-0.2, -0.15) is 5.10 Å². The van der Waals surface area contributed by atoms with E-state index in [0.717, 1.165) is 23.5 Å². The molecular formula is C17H18ClN3. The lowest BCUT2D eigenvalue weighted by molar-refractivity contribution is 0.671. The summed E-state index contributed by atoms with van der Waals surface area (Å²) < 4.78 is 2.04. The lowest BCUT2D eigenvalue weighted by Crippen LogP contribution is -2.02. The number of para-hydroxylation sites is 1. The van der Waals surface area contributed by atoms with Gasteiger partial charge in [-0.25, -0.2) is 0 Å². The standard InChI is InChI=1S/C17H18ClN3/c1-2-21-17-6-4-3-5-15(17)16(20-21)12-19-14-9-7-13(11-18)8-10-14/h3-10,19H,2,11-12H2,1H3. The largest absolute Gasteiger partial charge is 0.379 e. The third-order valence-corrected chi connectivity index (χ3v) is 3.91. The molecule has 1 aromatic heterocycles. The minimum absolute atomic E-state index is 0.547. The molecule has 0 aliphatic carbocycles. The molecule has 2 aromatic carbocycles. The monoisotopic (exact) mass is 299 g/mol. The highest BCUT2D eigenvalue weighted by Gasteiger charge is 2.08. The highest BCUT2D eigenvalue weighted by atomic mass is 35.5. The number of nitrogens with one attached hydrogen (secondary N) is 1. The summed E-state index contributed by atoms with van der Waals surface area (Å²) in [6.45, 7) is 3.71. The van der Waals surface area contributed by atoms with Crippen molar-refractivity contribution < 1.29 is 0 Å². The predicted octanol–water partition coefficient (Wildman–Crippen LogP) is 4.41. The van der Waals surface area contributed by atoms with E-state index in [1.165, 1.54) is 10.9 Å². The first-order valence-corrected chi connectivity index (χ1v) is 7.68. The molecule has 1 heterocycles. The third-order valence-electron chi connectivity index (χ3n) is 3.60. The lowest BCUT2D eigenvalue weighted by Gasteiger charge is -2.05. The number of alkyl halides is 1. The van der Waals surface area contributed by atoms with Gasteiger partial charge in [0.1, 0.15) is 0 Å². The Morgan fingerprint density at radius 1 is 1.10 bits per heavy atom. The number of nitrogens with zero attached hydrogens (tertiary/aromatic N) is 2. The van der Waals surface area contributed by atoms with Crippen molar-refractivity contribution in [3.05, 3.63) is 59.8 Å². The summed E-state index contributed by atoms with van der Waals surface area (Å²) in [6.07, 6.45) is 0. The molecule has 0 aliphatic heterocycles. The Morgan fingerprint density at radius 2 is 1.86 bits per heavy atom. The summed E-state index contributed by atoms with van der Waals surface area (Å²) in [6, 6.07) is 16.5. The predicted molar refractivity (Wildman–Crippen MR) is 88.7 cm³/mol. The van der Waals surface area contributed by atoms with Crippen LogP contribution < -0.4 is 5.32 Å². The summed E-state index contributed by atoms with van der Waals surface area (Å²) in [5, 5.41) is 9.32. The Morgan fingerprint density at radius 3 is 2.57 bits per heavy atom. The van der Waals surface area contributed by atoms with Crippen LogP contribution in [-0.4, -0.2) is 9.78 Å². The number of benzene rings is 2. The Bertz CT molecular complexity index is 731. The zero-order valence-electron chi connectivity index (χ0n) is 12.0. The number of aryl methyl sites for hydroxylation is 1. The van der Waals surface area contributed by atoms with Crippen LogP contribution in [0, 0.1) is 0 Å². The van der Waals surface area contributed by atoms with Gasteiger partial charge in [0.25, 0.3) is 0 Å². The van der Waals surface area contributed by atoms with Gasteiger partial charge in [0.2, 0.25) is 0 Å². The number of anilines is 1. The molecule has 0 saturated heterocycles. The molecule has 0 amide bonds. The van der Waals surface area contributed by atoms with Gasteiger partial charge in [-0.05, 0) is 30.7 Å². The number of rotatable bonds is 5. The molecule has 0 spiro atoms. The average molecular weight is 300 g/mol. The quantitative estimate of drug-likeness (QED) is 0.707. The minimum Gasteiger partial charge on any atom is -0.379 e. The van der Waals surface area contributed by atoms with Crippen molar-refractivity contribution in [2.75, 3.05) is 5.32 Å². The molecule has 0 aliphatic rings. The van der Waals surface area contributed by atoms with Crippen LogP contribution in [-0.2, 0) is 19.0 Å². The van der Waals surface area contributed by atoms with Crippen LogP contribution in [0.5, 0.6) is 0 Å². The van der Waals surface area contributed by atoms with Gasteiger partial charge >= 0.3 is 0 Å². The lowest BCUT2D eigenvalue weighted by atomic mass is 10.2. The van der Waals surface area contributed by atoms with Crippen LogP contribution in [0.3, 0.4) is 0 Å². The van der Waals surface area contributed by atoms with E-state index in [4.69, 9.17) is 11.6 Å². The zero-order valence-corrected chi connectivity index (χ0v) is 12.8. The number of aromatic nitrogens is 2. The van der Waals surface area contributed by atoms with E-state index in [1.54, 1.807) is 0 Å². The summed E-state index contributed by atoms with van der Waals surface area (Å²) in [7, 11) is 0. The maximum Gasteiger partial charge on any atom is 0.0894 e. The Balaban J connectivity index is 1.81. The fourth-order valence-corrected chi connectivity index (χ4v) is 2.64. The molecule has 21 heavy (non-hydrogen) atoms. The molecule has 0 fully saturated rings. The van der Waals surface area contributed by atoms with Crippen molar-refractivity contribution in [3.63, 3.8) is 0 Å². The van der Waals surface area contributed by atoms with Gasteiger partial charge in [-0.15, -0.1) is 11.6 Å². The smallest absolute Gasteiger partial charge is 0.0894 e. The Labute approximate surface area is 129 Å². The molecule has 3 nitrogen and oxygen atoms in total. The minimum atomic E-state index is 0.547. The van der Waals surface area contributed by atoms with E-state index in [9.17, 15) is 0 Å². The topological polar surface area (TPSA) is 29.9 Å². The average Bonchev–Trinajstić information content (AvgIpc) is 2.91. The van der Waals surface area contributed by atoms with E-state index in [1.807, 2.05) is 16.8 Å². The summed E-state index contributed by atoms with van der Waals surface area (Å²) >= 11 is 5.80. The highest BCUT2D eigenvalue weighted by Crippen LogP contribution is 2.20. The second-order valence-corrected chi connectivity index (χ2v) is 5.23. The van der Waals surface area contributed by atoms with Crippen molar-refractivity contribution in [3.8, 4) is 0 Å². The van der Waals surface area contributed by atoms with Crippen LogP contribution >= 0.6 is 11.6 Å². The van der Waals surface area contributed by atoms with Crippen molar-refractivity contribution in [1.82, 2.24) is 9.78 Å². The van der Waals surface area contributed by atoms with E-state index >= 15 is 0 Å². The summed E-state index contributed by atoms with van der Waals surface area (Å²) in [5.74, 6) is 0.547. The van der Waals surface area contributed by atoms with Crippen molar-refractivity contribution in [1.29, 1.82) is 0 Å². The molecule has 0 radical (unpaired) electrons. The Hall–Kier alpha value is -2.00. The van der Waals surface area contributed by atoms with Gasteiger partial charge in [-0.3, -0.25) is 4.68 Å². The first-order chi connectivity index (χ1) is 10.3. The van der Waals surface area contributed by atoms with Crippen LogP contribution in [0.25, 0.3) is 10.9 Å². The third kappa shape index (κ3) is 2.88. The van der Waals surface area contributed by atoms with Gasteiger partial charge in [-0.1, -0.05) is 30.3 Å². The fraction of sp³-hybridized carbons (Fsp3) is 0.235. The van der Waals surface area contributed by atoms with Crippen LogP contribution in [0.15, 0.2) is 48.5 Å². The molecule has 1 N–H and O–H groups in total. The summed E-state index contributed by atoms with van der Waals surface area (Å²) in [4.78, 5) is 0. The first-order valence-electron chi connectivity index (χ1n) is 7.15. The van der Waals surface area contributed by atoms with Crippen molar-refractivity contribution >= 4 is 28.2 Å². The molecule has 0 unspecified atom stereocenters. The second kappa shape index (κ2) is 6.19. The molecular weight excluding hydrogens is 282 g/mol.